The average Bonchev–Trinajstić information content (AvgIpc) is 2.20. The van der Waals surface area contributed by atoms with Gasteiger partial charge in [0.25, 0.3) is 0 Å². The molecule has 0 amide bonds. The molecule has 1 radical (unpaired) electrons. The maximum Gasteiger partial charge on any atom is 0.163 e. The Hall–Kier alpha value is -1.38. The Kier molecular flexibility index (Phi) is 7.42. The Morgan fingerprint density at radius 3 is 2.57 bits per heavy atom. The van der Waals surface area contributed by atoms with Crippen molar-refractivity contribution in [1.82, 2.24) is 5.32 Å². The summed E-state index contributed by atoms with van der Waals surface area (Å²) in [6.07, 6.45) is 4.84. The van der Waals surface area contributed by atoms with E-state index in [1.165, 1.54) is 12.3 Å². The Balaban J connectivity index is 0.000000292. The van der Waals surface area contributed by atoms with E-state index < -0.39 is 0 Å². The molecule has 0 aromatic heterocycles. The highest BCUT2D eigenvalue weighted by atomic mass is 16.2. The maximum absolute atomic E-state index is 10.5. The van der Waals surface area contributed by atoms with Crippen LogP contribution in [0.15, 0.2) is 18.0 Å². The molecule has 4 heteroatoms. The SMILES string of the molecule is CCCC[O].O=C=C1CC(=O)C=CN1. The van der Waals surface area contributed by atoms with Gasteiger partial charge in [-0.3, -0.25) is 4.79 Å². The van der Waals surface area contributed by atoms with Crippen molar-refractivity contribution < 1.29 is 14.7 Å². The Morgan fingerprint density at radius 2 is 2.29 bits per heavy atom. The second kappa shape index (κ2) is 8.23. The first kappa shape index (κ1) is 12.6. The van der Waals surface area contributed by atoms with Gasteiger partial charge in [-0.1, -0.05) is 13.3 Å². The zero-order chi connectivity index (χ0) is 10.8. The molecule has 0 aromatic carbocycles. The van der Waals surface area contributed by atoms with E-state index >= 15 is 0 Å². The molecule has 1 N–H and O–H groups in total. The lowest BCUT2D eigenvalue weighted by atomic mass is 10.2. The Labute approximate surface area is 83.3 Å². The molecule has 14 heavy (non-hydrogen) atoms. The van der Waals surface area contributed by atoms with Crippen LogP contribution in [0.4, 0.5) is 0 Å². The van der Waals surface area contributed by atoms with Gasteiger partial charge in [0.1, 0.15) is 11.6 Å². The summed E-state index contributed by atoms with van der Waals surface area (Å²) in [6.45, 7) is 2.11. The Morgan fingerprint density at radius 1 is 1.57 bits per heavy atom. The number of ketones is 1. The van der Waals surface area contributed by atoms with Gasteiger partial charge in [-0.2, -0.15) is 0 Å². The van der Waals surface area contributed by atoms with Gasteiger partial charge in [0.15, 0.2) is 5.78 Å². The highest BCUT2D eigenvalue weighted by Gasteiger charge is 2.06. The van der Waals surface area contributed by atoms with Crippen molar-refractivity contribution in [3.8, 4) is 0 Å². The predicted molar refractivity (Wildman–Crippen MR) is 51.6 cm³/mol. The van der Waals surface area contributed by atoms with Crippen LogP contribution in [0.2, 0.25) is 0 Å². The Bertz CT molecular complexity index is 250. The monoisotopic (exact) mass is 196 g/mol. The minimum Gasteiger partial charge on any atom is -0.356 e. The summed E-state index contributed by atoms with van der Waals surface area (Å²) in [5.74, 6) is 1.55. The van der Waals surface area contributed by atoms with Crippen molar-refractivity contribution in [3.05, 3.63) is 18.0 Å². The third kappa shape index (κ3) is 6.17. The summed E-state index contributed by atoms with van der Waals surface area (Å²) in [4.78, 5) is 20.4. The fraction of sp³-hybridized carbons (Fsp3) is 0.500. The number of allylic oxidation sites excluding steroid dienone is 2. The number of hydrogen-bond donors (Lipinski definition) is 1. The fourth-order valence-corrected chi connectivity index (χ4v) is 0.729. The van der Waals surface area contributed by atoms with Crippen molar-refractivity contribution in [2.45, 2.75) is 26.2 Å². The lowest BCUT2D eigenvalue weighted by molar-refractivity contribution is -0.114. The summed E-state index contributed by atoms with van der Waals surface area (Å²) < 4.78 is 0. The highest BCUT2D eigenvalue weighted by Crippen LogP contribution is 1.99. The molecule has 0 aliphatic carbocycles. The number of rotatable bonds is 2. The van der Waals surface area contributed by atoms with Crippen LogP contribution in [0.1, 0.15) is 26.2 Å². The van der Waals surface area contributed by atoms with Crippen LogP contribution in [0.3, 0.4) is 0 Å². The van der Waals surface area contributed by atoms with Gasteiger partial charge in [0.2, 0.25) is 0 Å². The number of hydrogen-bond acceptors (Lipinski definition) is 3. The number of carbonyl (C=O) groups excluding carboxylic acids is 2. The molecule has 0 saturated heterocycles. The molecular formula is C10H14NO3. The van der Waals surface area contributed by atoms with Crippen LogP contribution in [-0.4, -0.2) is 18.3 Å². The molecule has 1 aliphatic heterocycles. The van der Waals surface area contributed by atoms with Gasteiger partial charge in [-0.25, -0.2) is 9.90 Å². The quantitative estimate of drug-likeness (QED) is 0.670. The molecule has 0 unspecified atom stereocenters. The topological polar surface area (TPSA) is 66.1 Å². The van der Waals surface area contributed by atoms with Crippen molar-refractivity contribution in [2.24, 2.45) is 0 Å². The van der Waals surface area contributed by atoms with Gasteiger partial charge < -0.3 is 5.32 Å². The van der Waals surface area contributed by atoms with Crippen molar-refractivity contribution in [1.29, 1.82) is 0 Å². The number of carbonyl (C=O) groups is 1. The van der Waals surface area contributed by atoms with E-state index in [-0.39, 0.29) is 18.8 Å². The molecule has 0 aromatic rings. The molecule has 0 fully saturated rings. The lowest BCUT2D eigenvalue weighted by Gasteiger charge is -2.03. The van der Waals surface area contributed by atoms with E-state index in [0.29, 0.717) is 5.70 Å². The van der Waals surface area contributed by atoms with Crippen molar-refractivity contribution in [2.75, 3.05) is 6.61 Å². The normalized spacial score (nSPS) is 13.9. The van der Waals surface area contributed by atoms with Gasteiger partial charge in [0, 0.05) is 6.20 Å². The molecule has 0 spiro atoms. The third-order valence-electron chi connectivity index (χ3n) is 1.50. The first-order valence-corrected chi connectivity index (χ1v) is 4.52. The summed E-state index contributed by atoms with van der Waals surface area (Å²) >= 11 is 0. The molecular weight excluding hydrogens is 182 g/mol. The van der Waals surface area contributed by atoms with Crippen molar-refractivity contribution in [3.63, 3.8) is 0 Å². The zero-order valence-corrected chi connectivity index (χ0v) is 8.21. The molecule has 4 nitrogen and oxygen atoms in total. The second-order valence-corrected chi connectivity index (χ2v) is 2.76. The molecule has 1 aliphatic rings. The minimum atomic E-state index is -0.0629. The fourth-order valence-electron chi connectivity index (χ4n) is 0.729. The molecule has 0 bridgehead atoms. The lowest BCUT2D eigenvalue weighted by Crippen LogP contribution is -2.15. The molecule has 0 saturated carbocycles. The first-order valence-electron chi connectivity index (χ1n) is 4.52. The van der Waals surface area contributed by atoms with E-state index in [9.17, 15) is 14.7 Å². The summed E-state index contributed by atoms with van der Waals surface area (Å²) in [6, 6.07) is 0. The van der Waals surface area contributed by atoms with Crippen LogP contribution in [0, 0.1) is 0 Å². The summed E-state index contributed by atoms with van der Waals surface area (Å²) in [5.41, 5.74) is 0.308. The van der Waals surface area contributed by atoms with E-state index in [2.05, 4.69) is 5.32 Å². The van der Waals surface area contributed by atoms with Crippen LogP contribution in [-0.2, 0) is 14.7 Å². The summed E-state index contributed by atoms with van der Waals surface area (Å²) in [7, 11) is 0. The smallest absolute Gasteiger partial charge is 0.163 e. The van der Waals surface area contributed by atoms with Crippen molar-refractivity contribution >= 4 is 11.7 Å². The van der Waals surface area contributed by atoms with E-state index in [1.807, 2.05) is 6.92 Å². The van der Waals surface area contributed by atoms with Crippen LogP contribution in [0.5, 0.6) is 0 Å². The third-order valence-corrected chi connectivity index (χ3v) is 1.50. The molecule has 1 rings (SSSR count). The van der Waals surface area contributed by atoms with E-state index in [4.69, 9.17) is 0 Å². The van der Waals surface area contributed by atoms with E-state index in [0.717, 1.165) is 12.8 Å². The van der Waals surface area contributed by atoms with Crippen LogP contribution < -0.4 is 5.32 Å². The average molecular weight is 196 g/mol. The van der Waals surface area contributed by atoms with E-state index in [1.54, 1.807) is 5.94 Å². The largest absolute Gasteiger partial charge is 0.356 e. The minimum absolute atomic E-state index is 0.0629. The predicted octanol–water partition coefficient (Wildman–Crippen LogP) is 0.995. The maximum atomic E-state index is 10.5. The summed E-state index contributed by atoms with van der Waals surface area (Å²) in [5, 5.41) is 12.1. The number of nitrogens with one attached hydrogen (secondary N) is 1. The molecule has 77 valence electrons. The van der Waals surface area contributed by atoms with Gasteiger partial charge in [-0.15, -0.1) is 0 Å². The zero-order valence-electron chi connectivity index (χ0n) is 8.21. The van der Waals surface area contributed by atoms with Gasteiger partial charge >= 0.3 is 0 Å². The molecule has 1 heterocycles. The molecule has 0 atom stereocenters. The highest BCUT2D eigenvalue weighted by molar-refractivity contribution is 5.93. The number of unbranched alkanes of at least 4 members (excludes halogenated alkanes) is 1. The van der Waals surface area contributed by atoms with Gasteiger partial charge in [-0.05, 0) is 12.5 Å². The van der Waals surface area contributed by atoms with Crippen LogP contribution in [0.25, 0.3) is 0 Å². The van der Waals surface area contributed by atoms with Gasteiger partial charge in [0.05, 0.1) is 13.0 Å². The second-order valence-electron chi connectivity index (χ2n) is 2.76. The standard InChI is InChI=1S/C6H5NO2.C4H9O/c8-4-5-3-6(9)1-2-7-5;1-2-3-4-5/h1-2,7H,3H2;2-4H2,1H3. The first-order chi connectivity index (χ1) is 6.74. The van der Waals surface area contributed by atoms with Crippen LogP contribution >= 0.6 is 0 Å².